The molecule has 1 heterocycles. The summed E-state index contributed by atoms with van der Waals surface area (Å²) in [6, 6.07) is 16.0. The highest BCUT2D eigenvalue weighted by Crippen LogP contribution is 2.28. The Hall–Kier alpha value is -2.79. The van der Waals surface area contributed by atoms with Crippen LogP contribution in [-0.2, 0) is 19.3 Å². The number of anilines is 1. The molecule has 5 nitrogen and oxygen atoms in total. The summed E-state index contributed by atoms with van der Waals surface area (Å²) in [6.45, 7) is 2.64. The van der Waals surface area contributed by atoms with E-state index in [1.165, 1.54) is 11.3 Å². The fraction of sp³-hybridized carbons (Fsp3) is 0.273. The number of halogens is 1. The summed E-state index contributed by atoms with van der Waals surface area (Å²) in [5.41, 5.74) is 12.7. The van der Waals surface area contributed by atoms with E-state index in [9.17, 15) is 4.79 Å². The molecule has 6 heteroatoms. The Morgan fingerprint density at radius 2 is 1.82 bits per heavy atom. The van der Waals surface area contributed by atoms with Crippen molar-refractivity contribution < 1.29 is 4.79 Å². The van der Waals surface area contributed by atoms with Crippen molar-refractivity contribution in [1.29, 1.82) is 0 Å². The summed E-state index contributed by atoms with van der Waals surface area (Å²) in [6.07, 6.45) is 3.73. The molecular formula is C22H25ClN4O. The number of carbonyl (C=O) groups excluding carboxylic acids is 1. The molecule has 0 saturated heterocycles. The second-order valence-electron chi connectivity index (χ2n) is 7.12. The van der Waals surface area contributed by atoms with Gasteiger partial charge in [-0.15, -0.1) is 12.4 Å². The number of nitrogen functional groups attached to an aromatic ring is 1. The van der Waals surface area contributed by atoms with Gasteiger partial charge in [-0.2, -0.15) is 5.10 Å². The number of hydrogen-bond donors (Lipinski definition) is 2. The van der Waals surface area contributed by atoms with Crippen molar-refractivity contribution in [2.24, 2.45) is 0 Å². The van der Waals surface area contributed by atoms with Crippen LogP contribution in [0.4, 0.5) is 5.69 Å². The fourth-order valence-corrected chi connectivity index (χ4v) is 3.61. The van der Waals surface area contributed by atoms with Crippen LogP contribution < -0.4 is 11.1 Å². The number of fused-ring (bicyclic) bond motifs is 1. The molecule has 3 N–H and O–H groups in total. The number of benzene rings is 2. The molecule has 0 bridgehead atoms. The third-order valence-corrected chi connectivity index (χ3v) is 5.10. The van der Waals surface area contributed by atoms with Crippen LogP contribution in [0, 0.1) is 6.92 Å². The molecule has 0 aliphatic heterocycles. The first kappa shape index (κ1) is 20.0. The van der Waals surface area contributed by atoms with Gasteiger partial charge >= 0.3 is 0 Å². The first-order valence-corrected chi connectivity index (χ1v) is 9.42. The summed E-state index contributed by atoms with van der Waals surface area (Å²) in [4.78, 5) is 12.7. The first-order valence-electron chi connectivity index (χ1n) is 9.42. The minimum absolute atomic E-state index is 0. The number of rotatable bonds is 5. The molecule has 0 saturated carbocycles. The Labute approximate surface area is 171 Å². The minimum Gasteiger partial charge on any atom is -0.399 e. The Morgan fingerprint density at radius 1 is 1.11 bits per heavy atom. The van der Waals surface area contributed by atoms with Gasteiger partial charge in [0, 0.05) is 23.5 Å². The number of aryl methyl sites for hydroxylation is 1. The normalized spacial score (nSPS) is 12.3. The molecule has 2 aromatic carbocycles. The van der Waals surface area contributed by atoms with Gasteiger partial charge in [-0.25, -0.2) is 4.68 Å². The molecule has 1 amide bonds. The first-order chi connectivity index (χ1) is 13.1. The van der Waals surface area contributed by atoms with Crippen molar-refractivity contribution in [2.45, 2.75) is 32.6 Å². The van der Waals surface area contributed by atoms with Crippen LogP contribution in [0.25, 0.3) is 5.69 Å². The fourth-order valence-electron chi connectivity index (χ4n) is 3.61. The molecular weight excluding hydrogens is 372 g/mol. The Kier molecular flexibility index (Phi) is 6.05. The predicted octanol–water partition coefficient (Wildman–Crippen LogP) is 3.65. The van der Waals surface area contributed by atoms with E-state index < -0.39 is 0 Å². The number of hydrogen-bond acceptors (Lipinski definition) is 3. The van der Waals surface area contributed by atoms with Gasteiger partial charge in [0.15, 0.2) is 5.69 Å². The van der Waals surface area contributed by atoms with Gasteiger partial charge in [-0.3, -0.25) is 4.79 Å². The molecule has 1 aliphatic carbocycles. The van der Waals surface area contributed by atoms with Crippen LogP contribution in [0.5, 0.6) is 0 Å². The van der Waals surface area contributed by atoms with Gasteiger partial charge in [0.05, 0.1) is 5.69 Å². The average Bonchev–Trinajstić information content (AvgIpc) is 3.27. The highest BCUT2D eigenvalue weighted by atomic mass is 35.5. The zero-order valence-electron chi connectivity index (χ0n) is 15.9. The Balaban J connectivity index is 0.00000225. The predicted molar refractivity (Wildman–Crippen MR) is 114 cm³/mol. The van der Waals surface area contributed by atoms with E-state index in [1.54, 1.807) is 0 Å². The lowest BCUT2D eigenvalue weighted by Crippen LogP contribution is -2.27. The van der Waals surface area contributed by atoms with Crippen molar-refractivity contribution in [3.63, 3.8) is 0 Å². The largest absolute Gasteiger partial charge is 0.399 e. The lowest BCUT2D eigenvalue weighted by molar-refractivity contribution is 0.0948. The zero-order chi connectivity index (χ0) is 18.8. The monoisotopic (exact) mass is 396 g/mol. The van der Waals surface area contributed by atoms with E-state index in [2.05, 4.69) is 41.6 Å². The number of nitrogens with two attached hydrogens (primary N) is 1. The van der Waals surface area contributed by atoms with E-state index in [0.29, 0.717) is 12.2 Å². The van der Waals surface area contributed by atoms with Gasteiger partial charge in [0.25, 0.3) is 5.91 Å². The molecule has 1 aromatic heterocycles. The highest BCUT2D eigenvalue weighted by molar-refractivity contribution is 5.94. The van der Waals surface area contributed by atoms with E-state index >= 15 is 0 Å². The maximum Gasteiger partial charge on any atom is 0.272 e. The molecule has 146 valence electrons. The number of nitrogens with one attached hydrogen (secondary N) is 1. The summed E-state index contributed by atoms with van der Waals surface area (Å²) >= 11 is 0. The number of aromatic nitrogens is 2. The van der Waals surface area contributed by atoms with E-state index in [-0.39, 0.29) is 18.3 Å². The summed E-state index contributed by atoms with van der Waals surface area (Å²) in [5, 5.41) is 7.68. The lowest BCUT2D eigenvalue weighted by Gasteiger charge is -2.06. The minimum atomic E-state index is -0.0885. The summed E-state index contributed by atoms with van der Waals surface area (Å²) < 4.78 is 1.94. The Bertz CT molecular complexity index is 961. The maximum atomic E-state index is 12.7. The van der Waals surface area contributed by atoms with Gasteiger partial charge in [0.2, 0.25) is 0 Å². The van der Waals surface area contributed by atoms with Crippen LogP contribution in [-0.4, -0.2) is 22.2 Å². The topological polar surface area (TPSA) is 72.9 Å². The van der Waals surface area contributed by atoms with Crippen LogP contribution in [0.3, 0.4) is 0 Å². The van der Waals surface area contributed by atoms with Crippen molar-refractivity contribution in [3.8, 4) is 5.69 Å². The van der Waals surface area contributed by atoms with Crippen molar-refractivity contribution >= 4 is 24.0 Å². The molecule has 0 fully saturated rings. The third kappa shape index (κ3) is 4.04. The van der Waals surface area contributed by atoms with Gasteiger partial charge in [0.1, 0.15) is 0 Å². The molecule has 28 heavy (non-hydrogen) atoms. The molecule has 1 aliphatic rings. The molecule has 3 aromatic rings. The van der Waals surface area contributed by atoms with Gasteiger partial charge < -0.3 is 11.1 Å². The number of carbonyl (C=O) groups is 1. The second-order valence-corrected chi connectivity index (χ2v) is 7.12. The van der Waals surface area contributed by atoms with Crippen LogP contribution in [0.15, 0.2) is 48.5 Å². The van der Waals surface area contributed by atoms with Crippen molar-refractivity contribution in [2.75, 3.05) is 12.3 Å². The standard InChI is InChI=1S/C22H24N4O.ClH/c1-15-5-11-18(12-6-15)26-20-4-2-3-19(20)21(25-26)22(27)24-14-13-16-7-9-17(23)10-8-16;/h5-12H,2-4,13-14,23H2,1H3,(H,24,27);1H. The highest BCUT2D eigenvalue weighted by Gasteiger charge is 2.26. The van der Waals surface area contributed by atoms with Crippen LogP contribution in [0.1, 0.15) is 39.3 Å². The average molecular weight is 397 g/mol. The SMILES string of the molecule is Cc1ccc(-n2nc(C(=O)NCCc3ccc(N)cc3)c3c2CCC3)cc1.Cl. The molecule has 0 radical (unpaired) electrons. The summed E-state index contributed by atoms with van der Waals surface area (Å²) in [5.74, 6) is -0.0885. The zero-order valence-corrected chi connectivity index (χ0v) is 16.8. The van der Waals surface area contributed by atoms with Crippen LogP contribution >= 0.6 is 12.4 Å². The van der Waals surface area contributed by atoms with Crippen molar-refractivity contribution in [3.05, 3.63) is 76.6 Å². The quantitative estimate of drug-likeness (QED) is 0.646. The smallest absolute Gasteiger partial charge is 0.272 e. The Morgan fingerprint density at radius 3 is 2.54 bits per heavy atom. The summed E-state index contributed by atoms with van der Waals surface area (Å²) in [7, 11) is 0. The van der Waals surface area contributed by atoms with Crippen LogP contribution in [0.2, 0.25) is 0 Å². The number of nitrogens with zero attached hydrogens (tertiary/aromatic N) is 2. The van der Waals surface area contributed by atoms with Gasteiger partial charge in [-0.1, -0.05) is 29.8 Å². The molecule has 0 atom stereocenters. The second kappa shape index (κ2) is 8.48. The van der Waals surface area contributed by atoms with E-state index in [0.717, 1.165) is 48.2 Å². The van der Waals surface area contributed by atoms with Gasteiger partial charge in [-0.05, 0) is 62.4 Å². The van der Waals surface area contributed by atoms with Crippen molar-refractivity contribution in [1.82, 2.24) is 15.1 Å². The maximum absolute atomic E-state index is 12.7. The molecule has 0 unspecified atom stereocenters. The van der Waals surface area contributed by atoms with E-state index in [4.69, 9.17) is 5.73 Å². The van der Waals surface area contributed by atoms with E-state index in [1.807, 2.05) is 28.9 Å². The molecule has 4 rings (SSSR count). The lowest BCUT2D eigenvalue weighted by atomic mass is 10.1. The number of amides is 1. The molecule has 0 spiro atoms. The third-order valence-electron chi connectivity index (χ3n) is 5.10.